The first-order chi connectivity index (χ1) is 5.15. The molecule has 0 saturated carbocycles. The van der Waals surface area contributed by atoms with Gasteiger partial charge in [0, 0.05) is 0 Å². The third kappa shape index (κ3) is 1.78. The molecular formula is C6H8BrN2OS+. The van der Waals surface area contributed by atoms with E-state index in [1.165, 1.54) is 11.3 Å². The Labute approximate surface area is 76.8 Å². The summed E-state index contributed by atoms with van der Waals surface area (Å²) in [7, 11) is 0. The molecule has 60 valence electrons. The third-order valence-electron chi connectivity index (χ3n) is 1.24. The van der Waals surface area contributed by atoms with Crippen molar-refractivity contribution in [3.05, 3.63) is 10.6 Å². The lowest BCUT2D eigenvalue weighted by molar-refractivity contribution is -0.363. The minimum Gasteiger partial charge on any atom is -0.292 e. The number of aromatic amines is 1. The SMILES string of the molecule is Cc1[nH+]c(N)sc1C(=O)CBr. The molecule has 0 aliphatic heterocycles. The van der Waals surface area contributed by atoms with Crippen LogP contribution in [0.4, 0.5) is 5.13 Å². The van der Waals surface area contributed by atoms with Gasteiger partial charge in [-0.3, -0.25) is 10.5 Å². The van der Waals surface area contributed by atoms with Crippen LogP contribution in [0, 0.1) is 6.92 Å². The summed E-state index contributed by atoms with van der Waals surface area (Å²) in [5.41, 5.74) is 6.31. The Morgan fingerprint density at radius 1 is 1.82 bits per heavy atom. The van der Waals surface area contributed by atoms with Crippen LogP contribution in [0.25, 0.3) is 0 Å². The Hall–Kier alpha value is -0.420. The van der Waals surface area contributed by atoms with E-state index in [9.17, 15) is 4.79 Å². The van der Waals surface area contributed by atoms with Crippen molar-refractivity contribution in [3.8, 4) is 0 Å². The van der Waals surface area contributed by atoms with Gasteiger partial charge in [0.1, 0.15) is 10.6 Å². The quantitative estimate of drug-likeness (QED) is 0.615. The van der Waals surface area contributed by atoms with Gasteiger partial charge in [-0.15, -0.1) is 0 Å². The summed E-state index contributed by atoms with van der Waals surface area (Å²) in [6, 6.07) is 0. The summed E-state index contributed by atoms with van der Waals surface area (Å²) < 4.78 is 0. The number of carbonyl (C=O) groups excluding carboxylic acids is 1. The molecule has 0 spiro atoms. The summed E-state index contributed by atoms with van der Waals surface area (Å²) in [6.45, 7) is 1.84. The number of nitrogen functional groups attached to an aromatic ring is 1. The third-order valence-corrected chi connectivity index (χ3v) is 2.81. The van der Waals surface area contributed by atoms with Gasteiger partial charge in [0.05, 0.1) is 5.33 Å². The summed E-state index contributed by atoms with van der Waals surface area (Å²) in [5.74, 6) is 0.0699. The van der Waals surface area contributed by atoms with E-state index in [-0.39, 0.29) is 5.78 Å². The predicted molar refractivity (Wildman–Crippen MR) is 48.1 cm³/mol. The number of hydrogen-bond acceptors (Lipinski definition) is 3. The van der Waals surface area contributed by atoms with Crippen molar-refractivity contribution in [1.29, 1.82) is 0 Å². The highest BCUT2D eigenvalue weighted by atomic mass is 79.9. The highest BCUT2D eigenvalue weighted by Crippen LogP contribution is 2.16. The molecule has 1 aromatic rings. The van der Waals surface area contributed by atoms with E-state index in [0.717, 1.165) is 5.69 Å². The summed E-state index contributed by atoms with van der Waals surface area (Å²) in [5, 5.41) is 0.925. The molecule has 0 unspecified atom stereocenters. The summed E-state index contributed by atoms with van der Waals surface area (Å²) in [6.07, 6.45) is 0. The lowest BCUT2D eigenvalue weighted by Crippen LogP contribution is -2.09. The second-order valence-corrected chi connectivity index (χ2v) is 3.72. The number of halogens is 1. The minimum atomic E-state index is 0.0699. The Balaban J connectivity index is 3.03. The van der Waals surface area contributed by atoms with Crippen LogP contribution in [0.5, 0.6) is 0 Å². The minimum absolute atomic E-state index is 0.0699. The number of nitrogens with two attached hydrogens (primary N) is 1. The maximum atomic E-state index is 11.1. The molecular weight excluding hydrogens is 228 g/mol. The molecule has 1 rings (SSSR count). The van der Waals surface area contributed by atoms with E-state index >= 15 is 0 Å². The van der Waals surface area contributed by atoms with Crippen molar-refractivity contribution in [2.75, 3.05) is 11.1 Å². The number of aromatic nitrogens is 1. The van der Waals surface area contributed by atoms with Gasteiger partial charge in [-0.2, -0.15) is 0 Å². The van der Waals surface area contributed by atoms with Gasteiger partial charge < -0.3 is 0 Å². The first-order valence-electron chi connectivity index (χ1n) is 3.02. The molecule has 0 radical (unpaired) electrons. The number of ketones is 1. The van der Waals surface area contributed by atoms with Gasteiger partial charge in [0.25, 0.3) is 0 Å². The maximum Gasteiger partial charge on any atom is 0.330 e. The van der Waals surface area contributed by atoms with Crippen molar-refractivity contribution in [2.45, 2.75) is 6.92 Å². The monoisotopic (exact) mass is 235 g/mol. The summed E-state index contributed by atoms with van der Waals surface area (Å²) >= 11 is 4.39. The standard InChI is InChI=1S/C6H7BrN2OS/c1-3-5(4(10)2-7)11-6(8)9-3/h2H2,1H3,(H2,8,9)/p+1. The van der Waals surface area contributed by atoms with Crippen molar-refractivity contribution in [2.24, 2.45) is 0 Å². The number of rotatable bonds is 2. The van der Waals surface area contributed by atoms with Gasteiger partial charge in [0.2, 0.25) is 0 Å². The number of hydrogen-bond donors (Lipinski definition) is 1. The topological polar surface area (TPSA) is 57.2 Å². The largest absolute Gasteiger partial charge is 0.330 e. The molecule has 5 heteroatoms. The average Bonchev–Trinajstić information content (AvgIpc) is 2.28. The van der Waals surface area contributed by atoms with Crippen LogP contribution >= 0.6 is 27.3 Å². The van der Waals surface area contributed by atoms with Crippen molar-refractivity contribution in [1.82, 2.24) is 0 Å². The molecule has 0 aliphatic rings. The number of anilines is 1. The molecule has 1 heterocycles. The maximum absolute atomic E-state index is 11.1. The van der Waals surface area contributed by atoms with E-state index in [1.54, 1.807) is 0 Å². The van der Waals surface area contributed by atoms with E-state index < -0.39 is 0 Å². The number of thiazole rings is 1. The van der Waals surface area contributed by atoms with Crippen molar-refractivity contribution < 1.29 is 9.78 Å². The molecule has 11 heavy (non-hydrogen) atoms. The fourth-order valence-electron chi connectivity index (χ4n) is 0.780. The average molecular weight is 236 g/mol. The molecule has 0 fully saturated rings. The van der Waals surface area contributed by atoms with Crippen LogP contribution in [0.1, 0.15) is 15.4 Å². The first-order valence-corrected chi connectivity index (χ1v) is 4.96. The molecule has 0 atom stereocenters. The Morgan fingerprint density at radius 2 is 2.45 bits per heavy atom. The Kier molecular flexibility index (Phi) is 2.62. The molecule has 0 aliphatic carbocycles. The smallest absolute Gasteiger partial charge is 0.292 e. The second kappa shape index (κ2) is 3.32. The van der Waals surface area contributed by atoms with Crippen molar-refractivity contribution >= 4 is 38.2 Å². The van der Waals surface area contributed by atoms with Gasteiger partial charge in [0.15, 0.2) is 5.78 Å². The highest BCUT2D eigenvalue weighted by molar-refractivity contribution is 9.09. The predicted octanol–water partition coefficient (Wildman–Crippen LogP) is 1.03. The van der Waals surface area contributed by atoms with Crippen LogP contribution in [-0.4, -0.2) is 11.1 Å². The fraction of sp³-hybridized carbons (Fsp3) is 0.333. The zero-order valence-electron chi connectivity index (χ0n) is 5.98. The van der Waals surface area contributed by atoms with Gasteiger partial charge in [-0.25, -0.2) is 4.98 Å². The number of alkyl halides is 1. The van der Waals surface area contributed by atoms with Gasteiger partial charge in [-0.1, -0.05) is 15.9 Å². The fourth-order valence-corrected chi connectivity index (χ4v) is 2.06. The number of H-pyrrole nitrogens is 1. The molecule has 3 nitrogen and oxygen atoms in total. The van der Waals surface area contributed by atoms with Crippen LogP contribution in [0.15, 0.2) is 0 Å². The lowest BCUT2D eigenvalue weighted by atomic mass is 10.3. The van der Waals surface area contributed by atoms with Gasteiger partial charge >= 0.3 is 5.13 Å². The zero-order valence-corrected chi connectivity index (χ0v) is 8.38. The van der Waals surface area contributed by atoms with E-state index in [2.05, 4.69) is 20.9 Å². The Morgan fingerprint density at radius 3 is 2.82 bits per heavy atom. The molecule has 0 amide bonds. The van der Waals surface area contributed by atoms with Crippen LogP contribution < -0.4 is 10.7 Å². The van der Waals surface area contributed by atoms with E-state index in [0.29, 0.717) is 15.3 Å². The zero-order chi connectivity index (χ0) is 8.43. The lowest BCUT2D eigenvalue weighted by Gasteiger charge is -1.87. The first kappa shape index (κ1) is 8.67. The van der Waals surface area contributed by atoms with Crippen LogP contribution in [-0.2, 0) is 0 Å². The molecule has 0 aromatic carbocycles. The number of Topliss-reactive ketones (excluding diaryl/α,β-unsaturated/α-hetero) is 1. The van der Waals surface area contributed by atoms with E-state index in [1.807, 2.05) is 6.92 Å². The second-order valence-electron chi connectivity index (χ2n) is 2.10. The number of nitrogens with one attached hydrogen (secondary N) is 1. The van der Waals surface area contributed by atoms with Crippen LogP contribution in [0.2, 0.25) is 0 Å². The molecule has 0 bridgehead atoms. The summed E-state index contributed by atoms with van der Waals surface area (Å²) in [4.78, 5) is 14.7. The normalized spacial score (nSPS) is 10.0. The molecule has 0 saturated heterocycles. The molecule has 1 aromatic heterocycles. The molecule has 3 N–H and O–H groups in total. The van der Waals surface area contributed by atoms with Crippen LogP contribution in [0.3, 0.4) is 0 Å². The number of carbonyl (C=O) groups is 1. The van der Waals surface area contributed by atoms with E-state index in [4.69, 9.17) is 5.73 Å². The highest BCUT2D eigenvalue weighted by Gasteiger charge is 2.15. The number of aryl methyl sites for hydroxylation is 1. The van der Waals surface area contributed by atoms with Gasteiger partial charge in [-0.05, 0) is 18.3 Å². The Bertz CT molecular complexity index is 284. The van der Waals surface area contributed by atoms with Crippen molar-refractivity contribution in [3.63, 3.8) is 0 Å².